The fourth-order valence-corrected chi connectivity index (χ4v) is 2.10. The molecule has 0 saturated carbocycles. The van der Waals surface area contributed by atoms with Crippen LogP contribution in [0.15, 0.2) is 42.0 Å². The summed E-state index contributed by atoms with van der Waals surface area (Å²) in [5, 5.41) is 0. The van der Waals surface area contributed by atoms with Gasteiger partial charge in [-0.3, -0.25) is 0 Å². The molecule has 1 aliphatic rings. The second-order valence-electron chi connectivity index (χ2n) is 4.82. The maximum Gasteiger partial charge on any atom is -0.00582 e. The number of hydrogen-bond acceptors (Lipinski definition) is 0. The maximum absolute atomic E-state index is 2.27. The molecule has 0 fully saturated rings. The molecule has 1 aromatic rings. The van der Waals surface area contributed by atoms with Gasteiger partial charge in [-0.05, 0) is 35.5 Å². The van der Waals surface area contributed by atoms with E-state index in [1.807, 2.05) is 0 Å². The molecule has 2 rings (SSSR count). The lowest BCUT2D eigenvalue weighted by Crippen LogP contribution is -1.88. The van der Waals surface area contributed by atoms with E-state index in [9.17, 15) is 0 Å². The molecule has 0 aliphatic heterocycles. The van der Waals surface area contributed by atoms with Gasteiger partial charge in [0, 0.05) is 0 Å². The lowest BCUT2D eigenvalue weighted by Gasteiger charge is -2.08. The monoisotopic (exact) mass is 212 g/mol. The Labute approximate surface area is 98.7 Å². The molecule has 0 heterocycles. The van der Waals surface area contributed by atoms with Crippen molar-refractivity contribution in [2.75, 3.05) is 0 Å². The Morgan fingerprint density at radius 3 is 2.25 bits per heavy atom. The first-order valence-corrected chi connectivity index (χ1v) is 6.19. The first-order chi connectivity index (χ1) is 7.70. The normalized spacial score (nSPS) is 15.2. The summed E-state index contributed by atoms with van der Waals surface area (Å²) in [7, 11) is 0. The van der Waals surface area contributed by atoms with Crippen molar-refractivity contribution >= 4 is 5.57 Å². The van der Waals surface area contributed by atoms with E-state index in [1.54, 1.807) is 5.57 Å². The Balaban J connectivity index is 2.13. The second-order valence-corrected chi connectivity index (χ2v) is 4.82. The van der Waals surface area contributed by atoms with E-state index in [0.717, 1.165) is 6.42 Å². The van der Waals surface area contributed by atoms with Gasteiger partial charge in [0.25, 0.3) is 0 Å². The van der Waals surface area contributed by atoms with Gasteiger partial charge in [0.1, 0.15) is 0 Å². The van der Waals surface area contributed by atoms with Crippen LogP contribution in [0.5, 0.6) is 0 Å². The summed E-state index contributed by atoms with van der Waals surface area (Å²) < 4.78 is 0. The van der Waals surface area contributed by atoms with Crippen LogP contribution in [0.1, 0.15) is 50.7 Å². The largest absolute Gasteiger partial charge is 0.0661 e. The van der Waals surface area contributed by atoms with Crippen LogP contribution in [0.25, 0.3) is 5.57 Å². The van der Waals surface area contributed by atoms with E-state index >= 15 is 0 Å². The van der Waals surface area contributed by atoms with Crippen molar-refractivity contribution in [3.63, 3.8) is 0 Å². The lowest BCUT2D eigenvalue weighted by molar-refractivity contribution is 0.866. The molecule has 0 spiro atoms. The van der Waals surface area contributed by atoms with E-state index in [2.05, 4.69) is 57.2 Å². The van der Waals surface area contributed by atoms with Crippen molar-refractivity contribution in [2.45, 2.75) is 39.5 Å². The topological polar surface area (TPSA) is 0 Å². The fraction of sp³-hybridized carbons (Fsp3) is 0.375. The van der Waals surface area contributed by atoms with Crippen LogP contribution in [0.3, 0.4) is 0 Å². The molecule has 1 aliphatic carbocycles. The molecule has 16 heavy (non-hydrogen) atoms. The minimum Gasteiger partial charge on any atom is -0.0661 e. The van der Waals surface area contributed by atoms with Gasteiger partial charge in [0.2, 0.25) is 0 Å². The van der Waals surface area contributed by atoms with E-state index in [4.69, 9.17) is 0 Å². The maximum atomic E-state index is 2.27. The van der Waals surface area contributed by atoms with Crippen molar-refractivity contribution in [3.05, 3.63) is 53.1 Å². The van der Waals surface area contributed by atoms with Gasteiger partial charge in [-0.15, -0.1) is 0 Å². The zero-order valence-corrected chi connectivity index (χ0v) is 10.5. The van der Waals surface area contributed by atoms with Crippen molar-refractivity contribution in [3.8, 4) is 0 Å². The highest BCUT2D eigenvalue weighted by atomic mass is 14.1. The van der Waals surface area contributed by atoms with Crippen LogP contribution in [0.2, 0.25) is 0 Å². The zero-order chi connectivity index (χ0) is 11.5. The molecule has 0 nitrogen and oxygen atoms in total. The van der Waals surface area contributed by atoms with Gasteiger partial charge < -0.3 is 0 Å². The van der Waals surface area contributed by atoms with Gasteiger partial charge in [-0.25, -0.2) is 0 Å². The van der Waals surface area contributed by atoms with Crippen LogP contribution in [0.4, 0.5) is 0 Å². The van der Waals surface area contributed by atoms with Crippen molar-refractivity contribution in [2.24, 2.45) is 0 Å². The second kappa shape index (κ2) is 4.69. The number of rotatable bonds is 3. The molecule has 0 saturated heterocycles. The molecule has 84 valence electrons. The van der Waals surface area contributed by atoms with Crippen LogP contribution in [0, 0.1) is 0 Å². The SMILES string of the molecule is CCC1=CC=C(c2ccc(C(C)C)cc2)C1. The van der Waals surface area contributed by atoms with Gasteiger partial charge in [0.05, 0.1) is 0 Å². The Morgan fingerprint density at radius 2 is 1.75 bits per heavy atom. The predicted molar refractivity (Wildman–Crippen MR) is 71.5 cm³/mol. The van der Waals surface area contributed by atoms with Crippen LogP contribution in [-0.4, -0.2) is 0 Å². The highest BCUT2D eigenvalue weighted by molar-refractivity contribution is 5.72. The average molecular weight is 212 g/mol. The molecule has 0 radical (unpaired) electrons. The van der Waals surface area contributed by atoms with Crippen molar-refractivity contribution in [1.29, 1.82) is 0 Å². The summed E-state index contributed by atoms with van der Waals surface area (Å²) in [6.07, 6.45) is 6.84. The quantitative estimate of drug-likeness (QED) is 0.666. The highest BCUT2D eigenvalue weighted by Gasteiger charge is 2.09. The van der Waals surface area contributed by atoms with Crippen molar-refractivity contribution < 1.29 is 0 Å². The third kappa shape index (κ3) is 2.27. The Bertz CT molecular complexity index is 416. The smallest absolute Gasteiger partial charge is 0.00582 e. The van der Waals surface area contributed by atoms with E-state index in [-0.39, 0.29) is 0 Å². The molecular weight excluding hydrogens is 192 g/mol. The third-order valence-electron chi connectivity index (χ3n) is 3.34. The van der Waals surface area contributed by atoms with Gasteiger partial charge in [-0.1, -0.05) is 62.8 Å². The number of hydrogen-bond donors (Lipinski definition) is 0. The third-order valence-corrected chi connectivity index (χ3v) is 3.34. The summed E-state index contributed by atoms with van der Waals surface area (Å²) in [6.45, 7) is 6.70. The molecule has 0 heteroatoms. The standard InChI is InChI=1S/C16H20/c1-4-13-5-6-16(11-13)15-9-7-14(8-10-15)12(2)3/h5-10,12H,4,11H2,1-3H3. The van der Waals surface area contributed by atoms with Gasteiger partial charge in [-0.2, -0.15) is 0 Å². The molecule has 0 unspecified atom stereocenters. The van der Waals surface area contributed by atoms with Crippen LogP contribution >= 0.6 is 0 Å². The molecule has 1 aromatic carbocycles. The summed E-state index contributed by atoms with van der Waals surface area (Å²) >= 11 is 0. The first-order valence-electron chi connectivity index (χ1n) is 6.19. The first kappa shape index (κ1) is 11.2. The Morgan fingerprint density at radius 1 is 1.06 bits per heavy atom. The summed E-state index contributed by atoms with van der Waals surface area (Å²) in [5.41, 5.74) is 5.81. The molecule has 0 bridgehead atoms. The fourth-order valence-electron chi connectivity index (χ4n) is 2.10. The molecule has 0 amide bonds. The highest BCUT2D eigenvalue weighted by Crippen LogP contribution is 2.30. The number of benzene rings is 1. The Kier molecular flexibility index (Phi) is 3.28. The van der Waals surface area contributed by atoms with Gasteiger partial charge >= 0.3 is 0 Å². The van der Waals surface area contributed by atoms with Gasteiger partial charge in [0.15, 0.2) is 0 Å². The van der Waals surface area contributed by atoms with E-state index < -0.39 is 0 Å². The van der Waals surface area contributed by atoms with E-state index in [0.29, 0.717) is 5.92 Å². The minimum atomic E-state index is 0.621. The predicted octanol–water partition coefficient (Wildman–Crippen LogP) is 4.93. The summed E-state index contributed by atoms with van der Waals surface area (Å²) in [5.74, 6) is 0.621. The van der Waals surface area contributed by atoms with Crippen molar-refractivity contribution in [1.82, 2.24) is 0 Å². The number of allylic oxidation sites excluding steroid dienone is 4. The minimum absolute atomic E-state index is 0.621. The zero-order valence-electron chi connectivity index (χ0n) is 10.5. The molecular formula is C16H20. The summed E-state index contributed by atoms with van der Waals surface area (Å²) in [4.78, 5) is 0. The Hall–Kier alpha value is -1.30. The van der Waals surface area contributed by atoms with Crippen LogP contribution < -0.4 is 0 Å². The molecule has 0 atom stereocenters. The molecule has 0 N–H and O–H groups in total. The lowest BCUT2D eigenvalue weighted by atomic mass is 9.97. The molecule has 0 aromatic heterocycles. The van der Waals surface area contributed by atoms with E-state index in [1.165, 1.54) is 23.1 Å². The average Bonchev–Trinajstić information content (AvgIpc) is 2.77. The summed E-state index contributed by atoms with van der Waals surface area (Å²) in [6, 6.07) is 9.02. The van der Waals surface area contributed by atoms with Crippen LogP contribution in [-0.2, 0) is 0 Å².